The minimum absolute atomic E-state index is 0.729. The molecule has 0 bridgehead atoms. The standard InChI is InChI=1S/C7H6O.C5H4OS/c8-6-7-4-2-1-3-5-7;6-4-5-2-1-3-7-5/h1-6H;1-4H. The van der Waals surface area contributed by atoms with E-state index in [0.717, 1.165) is 23.0 Å². The molecule has 0 amide bonds. The van der Waals surface area contributed by atoms with Crippen molar-refractivity contribution in [2.75, 3.05) is 0 Å². The van der Waals surface area contributed by atoms with Crippen molar-refractivity contribution in [3.63, 3.8) is 0 Å². The number of carbonyl (C=O) groups excluding carboxylic acids is 2. The number of benzene rings is 1. The van der Waals surface area contributed by atoms with Crippen molar-refractivity contribution in [1.29, 1.82) is 0 Å². The molecule has 0 saturated heterocycles. The zero-order chi connectivity index (χ0) is 10.9. The van der Waals surface area contributed by atoms with Crippen molar-refractivity contribution in [2.24, 2.45) is 0 Å². The molecule has 0 aliphatic carbocycles. The van der Waals surface area contributed by atoms with Gasteiger partial charge in [-0.25, -0.2) is 0 Å². The van der Waals surface area contributed by atoms with Gasteiger partial charge in [0.05, 0.1) is 4.88 Å². The average Bonchev–Trinajstić information content (AvgIpc) is 2.84. The number of hydrogen-bond donors (Lipinski definition) is 0. The molecule has 0 radical (unpaired) electrons. The fourth-order valence-corrected chi connectivity index (χ4v) is 1.42. The highest BCUT2D eigenvalue weighted by molar-refractivity contribution is 7.11. The number of hydrogen-bond acceptors (Lipinski definition) is 3. The largest absolute Gasteiger partial charge is 0.298 e. The number of aldehydes is 2. The van der Waals surface area contributed by atoms with Crippen LogP contribution in [0, 0.1) is 0 Å². The Labute approximate surface area is 92.2 Å². The lowest BCUT2D eigenvalue weighted by molar-refractivity contribution is 0.111. The number of rotatable bonds is 2. The molecule has 0 atom stereocenters. The SMILES string of the molecule is O=Cc1ccccc1.O=Cc1cccs1. The Bertz CT molecular complexity index is 393. The van der Waals surface area contributed by atoms with Crippen molar-refractivity contribution < 1.29 is 9.59 Å². The second-order valence-corrected chi connectivity index (χ2v) is 3.64. The summed E-state index contributed by atoms with van der Waals surface area (Å²) in [7, 11) is 0. The van der Waals surface area contributed by atoms with Gasteiger partial charge in [0.2, 0.25) is 0 Å². The molecular formula is C12H10O2S. The molecule has 1 aromatic carbocycles. The van der Waals surface area contributed by atoms with Gasteiger partial charge in [0.1, 0.15) is 6.29 Å². The second kappa shape index (κ2) is 6.68. The van der Waals surface area contributed by atoms with Gasteiger partial charge in [-0.2, -0.15) is 0 Å². The van der Waals surface area contributed by atoms with Gasteiger partial charge in [0.25, 0.3) is 0 Å². The zero-order valence-electron chi connectivity index (χ0n) is 8.00. The summed E-state index contributed by atoms with van der Waals surface area (Å²) in [6.45, 7) is 0. The van der Waals surface area contributed by atoms with Crippen LogP contribution in [0.4, 0.5) is 0 Å². The summed E-state index contributed by atoms with van der Waals surface area (Å²) >= 11 is 1.45. The highest BCUT2D eigenvalue weighted by Gasteiger charge is 1.83. The third kappa shape index (κ3) is 4.33. The van der Waals surface area contributed by atoms with Gasteiger partial charge in [-0.05, 0) is 11.4 Å². The molecule has 1 aromatic heterocycles. The molecule has 0 unspecified atom stereocenters. The molecular weight excluding hydrogens is 208 g/mol. The maximum absolute atomic E-state index is 10.0. The maximum Gasteiger partial charge on any atom is 0.159 e. The summed E-state index contributed by atoms with van der Waals surface area (Å²) in [4.78, 5) is 20.7. The first kappa shape index (κ1) is 11.3. The Balaban J connectivity index is 0.000000151. The fraction of sp³-hybridized carbons (Fsp3) is 0. The van der Waals surface area contributed by atoms with Crippen molar-refractivity contribution in [2.45, 2.75) is 0 Å². The number of thiophene rings is 1. The molecule has 0 spiro atoms. The topological polar surface area (TPSA) is 34.1 Å². The minimum Gasteiger partial charge on any atom is -0.298 e. The van der Waals surface area contributed by atoms with Gasteiger partial charge in [-0.1, -0.05) is 36.4 Å². The van der Waals surface area contributed by atoms with E-state index in [1.165, 1.54) is 11.3 Å². The summed E-state index contributed by atoms with van der Waals surface area (Å²) < 4.78 is 0. The van der Waals surface area contributed by atoms with E-state index in [1.807, 2.05) is 29.6 Å². The molecule has 0 aliphatic rings. The predicted molar refractivity (Wildman–Crippen MR) is 61.5 cm³/mol. The lowest BCUT2D eigenvalue weighted by Gasteiger charge is -1.81. The molecule has 15 heavy (non-hydrogen) atoms. The Morgan fingerprint density at radius 2 is 1.60 bits per heavy atom. The van der Waals surface area contributed by atoms with Crippen LogP contribution in [0.15, 0.2) is 47.8 Å². The van der Waals surface area contributed by atoms with Crippen LogP contribution < -0.4 is 0 Å². The molecule has 76 valence electrons. The first-order valence-electron chi connectivity index (χ1n) is 4.35. The van der Waals surface area contributed by atoms with Gasteiger partial charge >= 0.3 is 0 Å². The minimum atomic E-state index is 0.729. The average molecular weight is 218 g/mol. The van der Waals surface area contributed by atoms with Crippen LogP contribution in [0.2, 0.25) is 0 Å². The monoisotopic (exact) mass is 218 g/mol. The third-order valence-corrected chi connectivity index (χ3v) is 2.39. The molecule has 0 saturated carbocycles. The lowest BCUT2D eigenvalue weighted by atomic mass is 10.2. The molecule has 2 rings (SSSR count). The van der Waals surface area contributed by atoms with Gasteiger partial charge < -0.3 is 0 Å². The van der Waals surface area contributed by atoms with Crippen molar-refractivity contribution >= 4 is 23.9 Å². The molecule has 2 nitrogen and oxygen atoms in total. The summed E-state index contributed by atoms with van der Waals surface area (Å²) in [6.07, 6.45) is 1.69. The van der Waals surface area contributed by atoms with Gasteiger partial charge in [0.15, 0.2) is 6.29 Å². The zero-order valence-corrected chi connectivity index (χ0v) is 8.81. The van der Waals surface area contributed by atoms with Crippen LogP contribution in [0.5, 0.6) is 0 Å². The summed E-state index contributed by atoms with van der Waals surface area (Å²) in [6, 6.07) is 12.7. The Kier molecular flexibility index (Phi) is 5.04. The van der Waals surface area contributed by atoms with E-state index in [-0.39, 0.29) is 0 Å². The smallest absolute Gasteiger partial charge is 0.159 e. The third-order valence-electron chi connectivity index (χ3n) is 1.59. The predicted octanol–water partition coefficient (Wildman–Crippen LogP) is 3.06. The van der Waals surface area contributed by atoms with Crippen molar-refractivity contribution in [1.82, 2.24) is 0 Å². The normalized spacial score (nSPS) is 8.53. The Morgan fingerprint density at radius 3 is 1.93 bits per heavy atom. The summed E-state index contributed by atoms with van der Waals surface area (Å²) in [5, 5.41) is 1.88. The Morgan fingerprint density at radius 1 is 0.867 bits per heavy atom. The second-order valence-electron chi connectivity index (χ2n) is 2.66. The van der Waals surface area contributed by atoms with Crippen LogP contribution in [-0.4, -0.2) is 12.6 Å². The highest BCUT2D eigenvalue weighted by atomic mass is 32.1. The van der Waals surface area contributed by atoms with Crippen LogP contribution in [0.25, 0.3) is 0 Å². The van der Waals surface area contributed by atoms with Crippen LogP contribution in [-0.2, 0) is 0 Å². The highest BCUT2D eigenvalue weighted by Crippen LogP contribution is 2.03. The van der Waals surface area contributed by atoms with Gasteiger partial charge in [-0.15, -0.1) is 11.3 Å². The maximum atomic E-state index is 10.0. The van der Waals surface area contributed by atoms with Gasteiger partial charge in [-0.3, -0.25) is 9.59 Å². The van der Waals surface area contributed by atoms with Gasteiger partial charge in [0, 0.05) is 5.56 Å². The lowest BCUT2D eigenvalue weighted by Crippen LogP contribution is -1.73. The van der Waals surface area contributed by atoms with E-state index in [1.54, 1.807) is 18.2 Å². The first-order valence-corrected chi connectivity index (χ1v) is 5.23. The molecule has 2 aromatic rings. The molecule has 1 heterocycles. The van der Waals surface area contributed by atoms with Crippen LogP contribution in [0.3, 0.4) is 0 Å². The van der Waals surface area contributed by atoms with E-state index in [9.17, 15) is 9.59 Å². The fourth-order valence-electron chi connectivity index (χ4n) is 0.890. The van der Waals surface area contributed by atoms with Crippen LogP contribution in [0.1, 0.15) is 20.0 Å². The van der Waals surface area contributed by atoms with E-state index in [2.05, 4.69) is 0 Å². The van der Waals surface area contributed by atoms with E-state index in [4.69, 9.17) is 0 Å². The Hall–Kier alpha value is -1.74. The molecule has 0 aliphatic heterocycles. The molecule has 0 fully saturated rings. The quantitative estimate of drug-likeness (QED) is 0.726. The van der Waals surface area contributed by atoms with Crippen molar-refractivity contribution in [3.8, 4) is 0 Å². The molecule has 3 heteroatoms. The van der Waals surface area contributed by atoms with E-state index in [0.29, 0.717) is 0 Å². The van der Waals surface area contributed by atoms with Crippen LogP contribution >= 0.6 is 11.3 Å². The van der Waals surface area contributed by atoms with E-state index < -0.39 is 0 Å². The van der Waals surface area contributed by atoms with E-state index >= 15 is 0 Å². The first-order chi connectivity index (χ1) is 7.36. The van der Waals surface area contributed by atoms with Crippen molar-refractivity contribution in [3.05, 3.63) is 58.3 Å². The molecule has 0 N–H and O–H groups in total. The summed E-state index contributed by atoms with van der Waals surface area (Å²) in [5.74, 6) is 0. The number of carbonyl (C=O) groups is 2. The summed E-state index contributed by atoms with van der Waals surface area (Å²) in [5.41, 5.74) is 0.729.